The Morgan fingerprint density at radius 1 is 1.38 bits per heavy atom. The van der Waals surface area contributed by atoms with Gasteiger partial charge < -0.3 is 0 Å². The number of rotatable bonds is 1. The molecule has 0 aromatic carbocycles. The zero-order chi connectivity index (χ0) is 9.42. The van der Waals surface area contributed by atoms with Crippen LogP contribution in [-0.2, 0) is 0 Å². The van der Waals surface area contributed by atoms with Gasteiger partial charge in [-0.25, -0.2) is 9.37 Å². The molecule has 0 saturated heterocycles. The van der Waals surface area contributed by atoms with E-state index in [0.717, 1.165) is 0 Å². The molecule has 68 valence electrons. The monoisotopic (exact) mass is 196 g/mol. The van der Waals surface area contributed by atoms with Crippen LogP contribution in [0.5, 0.6) is 0 Å². The Balaban J connectivity index is 2.73. The number of aromatic nitrogens is 2. The van der Waals surface area contributed by atoms with Crippen LogP contribution < -0.4 is 0 Å². The third kappa shape index (κ3) is 1.31. The SMILES string of the molecule is CC(C)c1ncc2ncsc2c1F. The van der Waals surface area contributed by atoms with Crippen molar-refractivity contribution in [1.82, 2.24) is 9.97 Å². The number of fused-ring (bicyclic) bond motifs is 1. The van der Waals surface area contributed by atoms with Crippen molar-refractivity contribution in [3.05, 3.63) is 23.2 Å². The molecule has 0 unspecified atom stereocenters. The first-order chi connectivity index (χ1) is 6.20. The number of halogens is 1. The Labute approximate surface area is 79.5 Å². The molecule has 13 heavy (non-hydrogen) atoms. The molecule has 0 fully saturated rings. The molecule has 0 atom stereocenters. The van der Waals surface area contributed by atoms with Gasteiger partial charge in [-0.3, -0.25) is 4.98 Å². The highest BCUT2D eigenvalue weighted by molar-refractivity contribution is 7.16. The Kier molecular flexibility index (Phi) is 2.00. The van der Waals surface area contributed by atoms with Gasteiger partial charge in [-0.1, -0.05) is 13.8 Å². The van der Waals surface area contributed by atoms with E-state index in [0.29, 0.717) is 15.9 Å². The van der Waals surface area contributed by atoms with Gasteiger partial charge in [-0.15, -0.1) is 11.3 Å². The number of hydrogen-bond donors (Lipinski definition) is 0. The van der Waals surface area contributed by atoms with Crippen LogP contribution in [0.2, 0.25) is 0 Å². The maximum atomic E-state index is 13.7. The molecule has 0 aliphatic heterocycles. The molecule has 2 aromatic rings. The highest BCUT2D eigenvalue weighted by atomic mass is 32.1. The van der Waals surface area contributed by atoms with Crippen LogP contribution in [0.25, 0.3) is 10.2 Å². The summed E-state index contributed by atoms with van der Waals surface area (Å²) in [6.45, 7) is 3.86. The minimum Gasteiger partial charge on any atom is -0.256 e. The molecule has 0 bridgehead atoms. The van der Waals surface area contributed by atoms with Crippen LogP contribution in [0, 0.1) is 5.82 Å². The molecular weight excluding hydrogens is 187 g/mol. The first-order valence-corrected chi connectivity index (χ1v) is 4.95. The predicted molar refractivity (Wildman–Crippen MR) is 51.5 cm³/mol. The highest BCUT2D eigenvalue weighted by Gasteiger charge is 2.13. The summed E-state index contributed by atoms with van der Waals surface area (Å²) in [5, 5.41) is 0. The van der Waals surface area contributed by atoms with Crippen LogP contribution in [0.15, 0.2) is 11.7 Å². The van der Waals surface area contributed by atoms with Gasteiger partial charge in [0.2, 0.25) is 0 Å². The van der Waals surface area contributed by atoms with Gasteiger partial charge in [-0.05, 0) is 5.92 Å². The highest BCUT2D eigenvalue weighted by Crippen LogP contribution is 2.25. The van der Waals surface area contributed by atoms with Crippen molar-refractivity contribution in [2.24, 2.45) is 0 Å². The lowest BCUT2D eigenvalue weighted by atomic mass is 10.1. The molecule has 2 rings (SSSR count). The fourth-order valence-electron chi connectivity index (χ4n) is 1.22. The van der Waals surface area contributed by atoms with E-state index < -0.39 is 0 Å². The fourth-order valence-corrected chi connectivity index (χ4v) is 1.92. The smallest absolute Gasteiger partial charge is 0.164 e. The summed E-state index contributed by atoms with van der Waals surface area (Å²) in [4.78, 5) is 8.04. The lowest BCUT2D eigenvalue weighted by Gasteiger charge is -2.04. The average Bonchev–Trinajstić information content (AvgIpc) is 2.52. The predicted octanol–water partition coefficient (Wildman–Crippen LogP) is 2.95. The van der Waals surface area contributed by atoms with Crippen molar-refractivity contribution >= 4 is 21.6 Å². The molecule has 0 N–H and O–H groups in total. The first kappa shape index (κ1) is 8.56. The largest absolute Gasteiger partial charge is 0.256 e. The van der Waals surface area contributed by atoms with E-state index in [1.165, 1.54) is 11.3 Å². The van der Waals surface area contributed by atoms with Gasteiger partial charge in [0, 0.05) is 0 Å². The van der Waals surface area contributed by atoms with Crippen molar-refractivity contribution in [3.8, 4) is 0 Å². The summed E-state index contributed by atoms with van der Waals surface area (Å²) in [5.74, 6) is -0.0958. The van der Waals surface area contributed by atoms with Gasteiger partial charge in [0.1, 0.15) is 5.52 Å². The van der Waals surface area contributed by atoms with Crippen molar-refractivity contribution in [2.75, 3.05) is 0 Å². The third-order valence-corrected chi connectivity index (χ3v) is 2.73. The van der Waals surface area contributed by atoms with E-state index in [2.05, 4.69) is 9.97 Å². The Hall–Kier alpha value is -1.03. The third-order valence-electron chi connectivity index (χ3n) is 1.89. The van der Waals surface area contributed by atoms with E-state index in [-0.39, 0.29) is 11.7 Å². The Bertz CT molecular complexity index is 436. The van der Waals surface area contributed by atoms with Crippen molar-refractivity contribution < 1.29 is 4.39 Å². The second-order valence-corrected chi connectivity index (χ2v) is 4.03. The van der Waals surface area contributed by atoms with Crippen molar-refractivity contribution in [3.63, 3.8) is 0 Å². The fraction of sp³-hybridized carbons (Fsp3) is 0.333. The molecule has 0 radical (unpaired) electrons. The van der Waals surface area contributed by atoms with E-state index in [4.69, 9.17) is 0 Å². The number of pyridine rings is 1. The second kappa shape index (κ2) is 3.03. The lowest BCUT2D eigenvalue weighted by Crippen LogP contribution is -1.96. The molecule has 0 saturated carbocycles. The number of nitrogens with zero attached hydrogens (tertiary/aromatic N) is 2. The van der Waals surface area contributed by atoms with Crippen LogP contribution in [0.1, 0.15) is 25.5 Å². The average molecular weight is 196 g/mol. The van der Waals surface area contributed by atoms with E-state index in [1.807, 2.05) is 13.8 Å². The zero-order valence-electron chi connectivity index (χ0n) is 7.41. The minimum atomic E-state index is -0.213. The maximum Gasteiger partial charge on any atom is 0.164 e. The number of thiazole rings is 1. The summed E-state index contributed by atoms with van der Waals surface area (Å²) < 4.78 is 14.3. The summed E-state index contributed by atoms with van der Waals surface area (Å²) >= 11 is 1.32. The summed E-state index contributed by atoms with van der Waals surface area (Å²) in [6, 6.07) is 0. The molecular formula is C9H9FN2S. The molecule has 0 aliphatic rings. The molecule has 0 amide bonds. The van der Waals surface area contributed by atoms with E-state index >= 15 is 0 Å². The molecule has 2 heterocycles. The van der Waals surface area contributed by atoms with Crippen LogP contribution in [-0.4, -0.2) is 9.97 Å². The summed E-state index contributed by atoms with van der Waals surface area (Å²) in [5.41, 5.74) is 2.81. The van der Waals surface area contributed by atoms with E-state index in [1.54, 1.807) is 11.7 Å². The normalized spacial score (nSPS) is 11.4. The van der Waals surface area contributed by atoms with Crippen LogP contribution in [0.4, 0.5) is 4.39 Å². The van der Waals surface area contributed by atoms with Gasteiger partial charge in [0.15, 0.2) is 5.82 Å². The molecule has 4 heteroatoms. The lowest BCUT2D eigenvalue weighted by molar-refractivity contribution is 0.598. The Morgan fingerprint density at radius 3 is 2.85 bits per heavy atom. The van der Waals surface area contributed by atoms with Gasteiger partial charge in [0.05, 0.1) is 22.1 Å². The minimum absolute atomic E-state index is 0.117. The van der Waals surface area contributed by atoms with Gasteiger partial charge >= 0.3 is 0 Å². The molecule has 0 spiro atoms. The van der Waals surface area contributed by atoms with Crippen molar-refractivity contribution in [2.45, 2.75) is 19.8 Å². The summed E-state index contributed by atoms with van der Waals surface area (Å²) in [7, 11) is 0. The van der Waals surface area contributed by atoms with Crippen LogP contribution >= 0.6 is 11.3 Å². The molecule has 0 aliphatic carbocycles. The Morgan fingerprint density at radius 2 is 2.15 bits per heavy atom. The topological polar surface area (TPSA) is 25.8 Å². The maximum absolute atomic E-state index is 13.7. The second-order valence-electron chi connectivity index (χ2n) is 3.18. The standard InChI is InChI=1S/C9H9FN2S/c1-5(2)8-7(10)9-6(3-11-8)12-4-13-9/h3-5H,1-2H3. The zero-order valence-corrected chi connectivity index (χ0v) is 8.23. The summed E-state index contributed by atoms with van der Waals surface area (Å²) in [6.07, 6.45) is 1.63. The quantitative estimate of drug-likeness (QED) is 0.700. The van der Waals surface area contributed by atoms with Gasteiger partial charge in [0.25, 0.3) is 0 Å². The van der Waals surface area contributed by atoms with Gasteiger partial charge in [-0.2, -0.15) is 0 Å². The van der Waals surface area contributed by atoms with E-state index in [9.17, 15) is 4.39 Å². The van der Waals surface area contributed by atoms with Crippen molar-refractivity contribution in [1.29, 1.82) is 0 Å². The van der Waals surface area contributed by atoms with Crippen LogP contribution in [0.3, 0.4) is 0 Å². The number of hydrogen-bond acceptors (Lipinski definition) is 3. The first-order valence-electron chi connectivity index (χ1n) is 4.07. The molecule has 2 aromatic heterocycles. The molecule has 2 nitrogen and oxygen atoms in total.